The average molecular weight is 289 g/mol. The monoisotopic (exact) mass is 289 g/mol. The number of hydrogen-bond acceptors (Lipinski definition) is 3. The molecule has 21 heavy (non-hydrogen) atoms. The highest BCUT2D eigenvalue weighted by atomic mass is 16.2. The topological polar surface area (TPSA) is 70.2 Å². The molecule has 1 aliphatic rings. The number of piperidine rings is 1. The van der Waals surface area contributed by atoms with Crippen LogP contribution in [0.4, 0.5) is 5.69 Å². The van der Waals surface area contributed by atoms with Gasteiger partial charge in [-0.05, 0) is 44.0 Å². The summed E-state index contributed by atoms with van der Waals surface area (Å²) in [7, 11) is 0. The van der Waals surface area contributed by atoms with Crippen molar-refractivity contribution in [2.45, 2.75) is 45.2 Å². The van der Waals surface area contributed by atoms with E-state index < -0.39 is 0 Å². The van der Waals surface area contributed by atoms with Crippen LogP contribution in [-0.4, -0.2) is 24.4 Å². The standard InChI is InChI=1S/C16H23N3O2/c1-11(18-16(21)15-8-3-4-9-17-15)13-6-5-7-14(10-13)19-12(2)20/h5-7,10-11,15,17H,3-4,8-9H2,1-2H3,(H,18,21)(H,19,20)/t11?,15-/m0/s1. The van der Waals surface area contributed by atoms with Crippen molar-refractivity contribution in [1.29, 1.82) is 0 Å². The van der Waals surface area contributed by atoms with Crippen LogP contribution in [0.15, 0.2) is 24.3 Å². The largest absolute Gasteiger partial charge is 0.348 e. The van der Waals surface area contributed by atoms with E-state index in [0.29, 0.717) is 0 Å². The first-order valence-electron chi connectivity index (χ1n) is 7.47. The van der Waals surface area contributed by atoms with Crippen molar-refractivity contribution in [3.05, 3.63) is 29.8 Å². The molecule has 1 aromatic carbocycles. The lowest BCUT2D eigenvalue weighted by atomic mass is 10.0. The molecule has 2 rings (SSSR count). The molecule has 0 aliphatic carbocycles. The van der Waals surface area contributed by atoms with Gasteiger partial charge in [-0.2, -0.15) is 0 Å². The molecule has 0 spiro atoms. The van der Waals surface area contributed by atoms with Crippen LogP contribution < -0.4 is 16.0 Å². The molecular formula is C16H23N3O2. The first kappa shape index (κ1) is 15.5. The van der Waals surface area contributed by atoms with Crippen LogP contribution >= 0.6 is 0 Å². The van der Waals surface area contributed by atoms with Gasteiger partial charge in [0.05, 0.1) is 12.1 Å². The molecule has 0 radical (unpaired) electrons. The van der Waals surface area contributed by atoms with E-state index in [2.05, 4.69) is 16.0 Å². The zero-order valence-corrected chi connectivity index (χ0v) is 12.6. The molecule has 1 fully saturated rings. The molecule has 114 valence electrons. The minimum absolute atomic E-state index is 0.0483. The first-order valence-corrected chi connectivity index (χ1v) is 7.47. The fourth-order valence-electron chi connectivity index (χ4n) is 2.56. The molecule has 1 aliphatic heterocycles. The SMILES string of the molecule is CC(=O)Nc1cccc(C(C)NC(=O)[C@@H]2CCCCN2)c1. The van der Waals surface area contributed by atoms with Crippen LogP contribution in [0, 0.1) is 0 Å². The summed E-state index contributed by atoms with van der Waals surface area (Å²) in [6, 6.07) is 7.38. The number of anilines is 1. The van der Waals surface area contributed by atoms with E-state index in [4.69, 9.17) is 0 Å². The Hall–Kier alpha value is -1.88. The van der Waals surface area contributed by atoms with E-state index in [0.717, 1.165) is 37.1 Å². The molecule has 2 atom stereocenters. The number of benzene rings is 1. The van der Waals surface area contributed by atoms with Crippen LogP contribution in [0.1, 0.15) is 44.7 Å². The third-order valence-corrected chi connectivity index (χ3v) is 3.69. The minimum atomic E-state index is -0.102. The number of hydrogen-bond donors (Lipinski definition) is 3. The van der Waals surface area contributed by atoms with Gasteiger partial charge < -0.3 is 16.0 Å². The molecular weight excluding hydrogens is 266 g/mol. The number of rotatable bonds is 4. The lowest BCUT2D eigenvalue weighted by Gasteiger charge is -2.24. The molecule has 1 saturated heterocycles. The normalized spacial score (nSPS) is 19.6. The second-order valence-corrected chi connectivity index (χ2v) is 5.54. The second-order valence-electron chi connectivity index (χ2n) is 5.54. The summed E-state index contributed by atoms with van der Waals surface area (Å²) in [5.41, 5.74) is 1.72. The number of carbonyl (C=O) groups is 2. The average Bonchev–Trinajstić information content (AvgIpc) is 2.47. The van der Waals surface area contributed by atoms with Gasteiger partial charge in [0.1, 0.15) is 0 Å². The quantitative estimate of drug-likeness (QED) is 0.793. The highest BCUT2D eigenvalue weighted by molar-refractivity contribution is 5.88. The Balaban J connectivity index is 1.97. The van der Waals surface area contributed by atoms with Crippen molar-refractivity contribution in [2.75, 3.05) is 11.9 Å². The Kier molecular flexibility index (Phi) is 5.33. The summed E-state index contributed by atoms with van der Waals surface area (Å²) in [4.78, 5) is 23.3. The molecule has 2 amide bonds. The van der Waals surface area contributed by atoms with Gasteiger partial charge in [-0.15, -0.1) is 0 Å². The van der Waals surface area contributed by atoms with Crippen molar-refractivity contribution in [1.82, 2.24) is 10.6 Å². The maximum absolute atomic E-state index is 12.2. The molecule has 0 saturated carbocycles. The predicted octanol–water partition coefficient (Wildman–Crippen LogP) is 1.96. The Labute approximate surface area is 125 Å². The van der Waals surface area contributed by atoms with E-state index in [1.54, 1.807) is 0 Å². The van der Waals surface area contributed by atoms with Crippen LogP contribution in [0.25, 0.3) is 0 Å². The van der Waals surface area contributed by atoms with Gasteiger partial charge in [-0.25, -0.2) is 0 Å². The van der Waals surface area contributed by atoms with E-state index in [1.807, 2.05) is 31.2 Å². The minimum Gasteiger partial charge on any atom is -0.348 e. The highest BCUT2D eigenvalue weighted by Gasteiger charge is 2.22. The Bertz CT molecular complexity index is 510. The van der Waals surface area contributed by atoms with Crippen LogP contribution in [0.2, 0.25) is 0 Å². The molecule has 1 aromatic rings. The van der Waals surface area contributed by atoms with E-state index in [-0.39, 0.29) is 23.9 Å². The Morgan fingerprint density at radius 2 is 2.14 bits per heavy atom. The zero-order valence-electron chi connectivity index (χ0n) is 12.6. The Morgan fingerprint density at radius 1 is 1.33 bits per heavy atom. The summed E-state index contributed by atoms with van der Waals surface area (Å²) in [5, 5.41) is 9.03. The van der Waals surface area contributed by atoms with Gasteiger partial charge in [-0.1, -0.05) is 18.6 Å². The molecule has 0 bridgehead atoms. The van der Waals surface area contributed by atoms with Crippen LogP contribution in [0.3, 0.4) is 0 Å². The van der Waals surface area contributed by atoms with Crippen LogP contribution in [-0.2, 0) is 9.59 Å². The van der Waals surface area contributed by atoms with Gasteiger partial charge in [0.2, 0.25) is 11.8 Å². The molecule has 1 unspecified atom stereocenters. The maximum atomic E-state index is 12.2. The van der Waals surface area contributed by atoms with Crippen molar-refractivity contribution in [3.8, 4) is 0 Å². The Morgan fingerprint density at radius 3 is 2.81 bits per heavy atom. The van der Waals surface area contributed by atoms with E-state index >= 15 is 0 Å². The molecule has 1 heterocycles. The first-order chi connectivity index (χ1) is 10.1. The molecule has 0 aromatic heterocycles. The van der Waals surface area contributed by atoms with E-state index in [9.17, 15) is 9.59 Å². The number of amides is 2. The van der Waals surface area contributed by atoms with Gasteiger partial charge in [0.25, 0.3) is 0 Å². The maximum Gasteiger partial charge on any atom is 0.237 e. The summed E-state index contributed by atoms with van der Waals surface area (Å²) in [6.07, 6.45) is 3.13. The fraction of sp³-hybridized carbons (Fsp3) is 0.500. The highest BCUT2D eigenvalue weighted by Crippen LogP contribution is 2.18. The molecule has 5 heteroatoms. The number of nitrogens with one attached hydrogen (secondary N) is 3. The van der Waals surface area contributed by atoms with Crippen molar-refractivity contribution in [3.63, 3.8) is 0 Å². The van der Waals surface area contributed by atoms with Crippen molar-refractivity contribution < 1.29 is 9.59 Å². The van der Waals surface area contributed by atoms with Gasteiger partial charge in [0.15, 0.2) is 0 Å². The lowest BCUT2D eigenvalue weighted by molar-refractivity contribution is -0.124. The second kappa shape index (κ2) is 7.22. The summed E-state index contributed by atoms with van der Waals surface area (Å²) < 4.78 is 0. The lowest BCUT2D eigenvalue weighted by Crippen LogP contribution is -2.47. The van der Waals surface area contributed by atoms with Crippen molar-refractivity contribution >= 4 is 17.5 Å². The zero-order chi connectivity index (χ0) is 15.2. The van der Waals surface area contributed by atoms with Gasteiger partial charge in [-0.3, -0.25) is 9.59 Å². The van der Waals surface area contributed by atoms with E-state index in [1.165, 1.54) is 6.92 Å². The smallest absolute Gasteiger partial charge is 0.237 e. The number of carbonyl (C=O) groups excluding carboxylic acids is 2. The predicted molar refractivity (Wildman–Crippen MR) is 82.9 cm³/mol. The van der Waals surface area contributed by atoms with Crippen molar-refractivity contribution in [2.24, 2.45) is 0 Å². The molecule has 3 N–H and O–H groups in total. The molecule has 5 nitrogen and oxygen atoms in total. The summed E-state index contributed by atoms with van der Waals surface area (Å²) in [5.74, 6) is -0.0534. The summed E-state index contributed by atoms with van der Waals surface area (Å²) >= 11 is 0. The fourth-order valence-corrected chi connectivity index (χ4v) is 2.56. The summed E-state index contributed by atoms with van der Waals surface area (Å²) in [6.45, 7) is 4.34. The third kappa shape index (κ3) is 4.56. The van der Waals surface area contributed by atoms with Gasteiger partial charge >= 0.3 is 0 Å². The third-order valence-electron chi connectivity index (χ3n) is 3.69. The van der Waals surface area contributed by atoms with Gasteiger partial charge in [0, 0.05) is 12.6 Å². The van der Waals surface area contributed by atoms with Crippen LogP contribution in [0.5, 0.6) is 0 Å².